The normalized spacial score (nSPS) is 19.8. The van der Waals surface area contributed by atoms with E-state index in [0.717, 1.165) is 35.5 Å². The number of hydrogen-bond acceptors (Lipinski definition) is 2. The molecule has 0 spiro atoms. The molecule has 0 aromatic heterocycles. The fourth-order valence-corrected chi connectivity index (χ4v) is 4.02. The van der Waals surface area contributed by atoms with Gasteiger partial charge in [0.05, 0.1) is 6.04 Å². The predicted octanol–water partition coefficient (Wildman–Crippen LogP) is 7.11. The monoisotopic (exact) mass is 414 g/mol. The van der Waals surface area contributed by atoms with Gasteiger partial charge in [0.15, 0.2) is 0 Å². The van der Waals surface area contributed by atoms with Crippen molar-refractivity contribution in [3.8, 4) is 0 Å². The summed E-state index contributed by atoms with van der Waals surface area (Å²) in [6.45, 7) is 0. The molecule has 5 rings (SSSR count). The maximum Gasteiger partial charge on any atom is 0.133 e. The highest BCUT2D eigenvalue weighted by atomic mass is 15.0. The maximum atomic E-state index is 5.09. The molecular weight excluding hydrogens is 388 g/mol. The second-order valence-corrected chi connectivity index (χ2v) is 7.99. The van der Waals surface area contributed by atoms with Crippen molar-refractivity contribution >= 4 is 17.1 Å². The standard InChI is InChI=1S/C30H26N2/c1-2-7-13-23(12-6-1)24-18-20-26(21-19-24)29-22-28(25-14-10-5-11-15-25)31-30(32-29)27-16-8-3-4-9-17-27/h1,3,5-22,29H,2,4H2,(H,31,32). The lowest BCUT2D eigenvalue weighted by molar-refractivity contribution is 0.880. The zero-order chi connectivity index (χ0) is 21.6. The van der Waals surface area contributed by atoms with Gasteiger partial charge < -0.3 is 5.32 Å². The molecule has 0 saturated heterocycles. The van der Waals surface area contributed by atoms with Gasteiger partial charge in [-0.15, -0.1) is 0 Å². The predicted molar refractivity (Wildman–Crippen MR) is 136 cm³/mol. The number of rotatable bonds is 4. The van der Waals surface area contributed by atoms with E-state index in [2.05, 4.69) is 121 Å². The lowest BCUT2D eigenvalue weighted by atomic mass is 9.97. The van der Waals surface area contributed by atoms with Gasteiger partial charge in [0.2, 0.25) is 0 Å². The third-order valence-electron chi connectivity index (χ3n) is 5.75. The van der Waals surface area contributed by atoms with Crippen molar-refractivity contribution in [1.29, 1.82) is 0 Å². The Bertz CT molecular complexity index is 1210. The Morgan fingerprint density at radius 3 is 2.12 bits per heavy atom. The van der Waals surface area contributed by atoms with E-state index in [9.17, 15) is 0 Å². The Kier molecular flexibility index (Phi) is 5.93. The Labute approximate surface area is 190 Å². The van der Waals surface area contributed by atoms with Crippen LogP contribution in [0.2, 0.25) is 0 Å². The lowest BCUT2D eigenvalue weighted by Gasteiger charge is -2.23. The molecule has 2 nitrogen and oxygen atoms in total. The molecule has 1 unspecified atom stereocenters. The van der Waals surface area contributed by atoms with E-state index in [-0.39, 0.29) is 6.04 Å². The fourth-order valence-electron chi connectivity index (χ4n) is 4.02. The van der Waals surface area contributed by atoms with Gasteiger partial charge in [0.1, 0.15) is 5.84 Å². The van der Waals surface area contributed by atoms with Gasteiger partial charge in [-0.3, -0.25) is 4.99 Å². The van der Waals surface area contributed by atoms with Crippen molar-refractivity contribution in [2.45, 2.75) is 18.9 Å². The SMILES string of the molecule is C1=CCC=CC(C2=NC(c3ccc(C4=CC=CCC=C4)cc3)C=C(c3ccccc3)N2)=C1. The number of nitrogens with one attached hydrogen (secondary N) is 1. The van der Waals surface area contributed by atoms with Gasteiger partial charge in [-0.2, -0.15) is 0 Å². The summed E-state index contributed by atoms with van der Waals surface area (Å²) in [5.74, 6) is 0.905. The van der Waals surface area contributed by atoms with E-state index in [1.54, 1.807) is 0 Å². The molecule has 2 heteroatoms. The second-order valence-electron chi connectivity index (χ2n) is 7.99. The highest BCUT2D eigenvalue weighted by molar-refractivity contribution is 6.06. The smallest absolute Gasteiger partial charge is 0.133 e. The van der Waals surface area contributed by atoms with E-state index in [1.165, 1.54) is 16.7 Å². The molecule has 1 N–H and O–H groups in total. The first-order valence-corrected chi connectivity index (χ1v) is 11.2. The van der Waals surface area contributed by atoms with Crippen LogP contribution in [-0.4, -0.2) is 5.84 Å². The number of hydrogen-bond donors (Lipinski definition) is 1. The second kappa shape index (κ2) is 9.49. The summed E-state index contributed by atoms with van der Waals surface area (Å²) in [6, 6.07) is 19.2. The minimum Gasteiger partial charge on any atom is -0.340 e. The molecule has 0 saturated carbocycles. The fraction of sp³-hybridized carbons (Fsp3) is 0.100. The summed E-state index contributed by atoms with van der Waals surface area (Å²) >= 11 is 0. The third-order valence-corrected chi connectivity index (χ3v) is 5.75. The van der Waals surface area contributed by atoms with Crippen molar-refractivity contribution in [1.82, 2.24) is 5.32 Å². The average Bonchev–Trinajstić information content (AvgIpc) is 3.30. The molecule has 2 aromatic carbocycles. The minimum absolute atomic E-state index is 0.0458. The van der Waals surface area contributed by atoms with Crippen LogP contribution in [-0.2, 0) is 0 Å². The Morgan fingerprint density at radius 2 is 1.38 bits per heavy atom. The Balaban J connectivity index is 1.51. The number of aliphatic imine (C=N–C) groups is 1. The lowest BCUT2D eigenvalue weighted by Crippen LogP contribution is -2.28. The molecule has 2 aliphatic carbocycles. The topological polar surface area (TPSA) is 24.4 Å². The number of allylic oxidation sites excluding steroid dienone is 10. The molecular formula is C30H26N2. The van der Waals surface area contributed by atoms with Crippen LogP contribution < -0.4 is 5.32 Å². The van der Waals surface area contributed by atoms with E-state index in [4.69, 9.17) is 4.99 Å². The van der Waals surface area contributed by atoms with Gasteiger partial charge in [0, 0.05) is 11.3 Å². The molecule has 1 atom stereocenters. The summed E-state index contributed by atoms with van der Waals surface area (Å²) in [7, 11) is 0. The van der Waals surface area contributed by atoms with E-state index in [1.807, 2.05) is 6.07 Å². The van der Waals surface area contributed by atoms with Crippen molar-refractivity contribution in [3.63, 3.8) is 0 Å². The summed E-state index contributed by atoms with van der Waals surface area (Å²) in [6.07, 6.45) is 25.7. The minimum atomic E-state index is -0.0458. The molecule has 3 aliphatic rings. The molecule has 1 aliphatic heterocycles. The highest BCUT2D eigenvalue weighted by Gasteiger charge is 2.19. The first kappa shape index (κ1) is 20.0. The van der Waals surface area contributed by atoms with Gasteiger partial charge in [-0.05, 0) is 41.2 Å². The zero-order valence-electron chi connectivity index (χ0n) is 18.0. The highest BCUT2D eigenvalue weighted by Crippen LogP contribution is 2.30. The average molecular weight is 415 g/mol. The van der Waals surface area contributed by atoms with Gasteiger partial charge >= 0.3 is 0 Å². The van der Waals surface area contributed by atoms with Crippen LogP contribution in [0.25, 0.3) is 11.3 Å². The van der Waals surface area contributed by atoms with Crippen molar-refractivity contribution in [2.24, 2.45) is 4.99 Å². The van der Waals surface area contributed by atoms with Crippen LogP contribution in [0.15, 0.2) is 132 Å². The molecule has 32 heavy (non-hydrogen) atoms. The molecule has 0 radical (unpaired) electrons. The first-order valence-electron chi connectivity index (χ1n) is 11.2. The van der Waals surface area contributed by atoms with E-state index < -0.39 is 0 Å². The number of amidine groups is 1. The van der Waals surface area contributed by atoms with Crippen LogP contribution in [0.5, 0.6) is 0 Å². The van der Waals surface area contributed by atoms with Gasteiger partial charge in [0.25, 0.3) is 0 Å². The summed E-state index contributed by atoms with van der Waals surface area (Å²) in [5, 5.41) is 3.57. The van der Waals surface area contributed by atoms with Crippen LogP contribution in [0.3, 0.4) is 0 Å². The van der Waals surface area contributed by atoms with E-state index in [0.29, 0.717) is 0 Å². The largest absolute Gasteiger partial charge is 0.340 e. The number of nitrogens with zero attached hydrogens (tertiary/aromatic N) is 1. The Morgan fingerprint density at radius 1 is 0.688 bits per heavy atom. The molecule has 2 aromatic rings. The molecule has 0 fully saturated rings. The van der Waals surface area contributed by atoms with Crippen molar-refractivity contribution < 1.29 is 0 Å². The number of benzene rings is 2. The molecule has 0 amide bonds. The van der Waals surface area contributed by atoms with Crippen LogP contribution in [0.4, 0.5) is 0 Å². The van der Waals surface area contributed by atoms with Gasteiger partial charge in [-0.25, -0.2) is 0 Å². The Hall–Kier alpha value is -3.91. The summed E-state index contributed by atoms with van der Waals surface area (Å²) in [5.41, 5.74) is 7.00. The first-order chi connectivity index (χ1) is 15.9. The van der Waals surface area contributed by atoms with Crippen LogP contribution in [0.1, 0.15) is 35.6 Å². The molecule has 156 valence electrons. The summed E-state index contributed by atoms with van der Waals surface area (Å²) < 4.78 is 0. The van der Waals surface area contributed by atoms with Gasteiger partial charge in [-0.1, -0.05) is 115 Å². The van der Waals surface area contributed by atoms with E-state index >= 15 is 0 Å². The summed E-state index contributed by atoms with van der Waals surface area (Å²) in [4.78, 5) is 5.09. The maximum absolute atomic E-state index is 5.09. The quantitative estimate of drug-likeness (QED) is 0.566. The van der Waals surface area contributed by atoms with Crippen LogP contribution in [0, 0.1) is 0 Å². The van der Waals surface area contributed by atoms with Crippen molar-refractivity contribution in [3.05, 3.63) is 144 Å². The molecule has 1 heterocycles. The van der Waals surface area contributed by atoms with Crippen molar-refractivity contribution in [2.75, 3.05) is 0 Å². The van der Waals surface area contributed by atoms with Crippen LogP contribution >= 0.6 is 0 Å². The third kappa shape index (κ3) is 4.55. The molecule has 0 bridgehead atoms. The zero-order valence-corrected chi connectivity index (χ0v) is 18.0.